The highest BCUT2D eigenvalue weighted by molar-refractivity contribution is 9.10. The molecule has 4 heteroatoms. The third kappa shape index (κ3) is 5.97. The number of rotatable bonds is 5. The van der Waals surface area contributed by atoms with Gasteiger partial charge in [0.1, 0.15) is 5.75 Å². The summed E-state index contributed by atoms with van der Waals surface area (Å²) in [5.41, 5.74) is 1.11. The Bertz CT molecular complexity index is 387. The zero-order chi connectivity index (χ0) is 12.0. The second-order valence-electron chi connectivity index (χ2n) is 3.73. The molecule has 2 nitrogen and oxygen atoms in total. The summed E-state index contributed by atoms with van der Waals surface area (Å²) in [7, 11) is 0. The van der Waals surface area contributed by atoms with E-state index in [2.05, 4.69) is 27.2 Å². The molecule has 1 aromatic rings. The lowest BCUT2D eigenvalue weighted by atomic mass is 10.2. The lowest BCUT2D eigenvalue weighted by Gasteiger charge is -2.14. The van der Waals surface area contributed by atoms with Crippen LogP contribution in [0, 0.1) is 12.3 Å². The molecular weight excluding hydrogens is 302 g/mol. The second-order valence-corrected chi connectivity index (χ2v) is 4.64. The number of benzene rings is 1. The van der Waals surface area contributed by atoms with Crippen molar-refractivity contribution >= 4 is 28.3 Å². The van der Waals surface area contributed by atoms with Gasteiger partial charge in [0.2, 0.25) is 0 Å². The maximum Gasteiger partial charge on any atom is 0.124 e. The minimum absolute atomic E-state index is 0. The lowest BCUT2D eigenvalue weighted by Crippen LogP contribution is -2.15. The van der Waals surface area contributed by atoms with Crippen molar-refractivity contribution in [3.05, 3.63) is 28.2 Å². The van der Waals surface area contributed by atoms with Crippen LogP contribution in [-0.2, 0) is 6.54 Å². The number of halogens is 2. The van der Waals surface area contributed by atoms with Gasteiger partial charge in [0.05, 0.1) is 12.6 Å². The monoisotopic (exact) mass is 317 g/mol. The van der Waals surface area contributed by atoms with Crippen LogP contribution in [-0.4, -0.2) is 12.6 Å². The first kappa shape index (κ1) is 16.3. The molecule has 0 unspecified atom stereocenters. The summed E-state index contributed by atoms with van der Waals surface area (Å²) < 4.78 is 6.76. The molecule has 1 aromatic carbocycles. The predicted octanol–water partition coefficient (Wildman–Crippen LogP) is 3.38. The highest BCUT2D eigenvalue weighted by Gasteiger charge is 2.05. The summed E-state index contributed by atoms with van der Waals surface area (Å²) in [6.45, 7) is 5.31. The van der Waals surface area contributed by atoms with Crippen molar-refractivity contribution in [2.45, 2.75) is 26.5 Å². The van der Waals surface area contributed by atoms with Crippen molar-refractivity contribution in [3.63, 3.8) is 0 Å². The zero-order valence-electron chi connectivity index (χ0n) is 10.00. The Balaban J connectivity index is 0.00000256. The quantitative estimate of drug-likeness (QED) is 0.664. The summed E-state index contributed by atoms with van der Waals surface area (Å²) >= 11 is 3.45. The van der Waals surface area contributed by atoms with E-state index in [0.29, 0.717) is 13.1 Å². The highest BCUT2D eigenvalue weighted by atomic mass is 79.9. The van der Waals surface area contributed by atoms with Gasteiger partial charge in [0.15, 0.2) is 0 Å². The fourth-order valence-corrected chi connectivity index (χ4v) is 1.73. The minimum Gasteiger partial charge on any atom is -0.491 e. The first-order chi connectivity index (χ1) is 7.63. The molecule has 1 N–H and O–H groups in total. The molecule has 1 rings (SSSR count). The number of nitrogens with one attached hydrogen (secondary N) is 1. The van der Waals surface area contributed by atoms with Gasteiger partial charge < -0.3 is 10.1 Å². The molecular formula is C13H17BrClNO. The minimum atomic E-state index is 0. The van der Waals surface area contributed by atoms with Crippen LogP contribution >= 0.6 is 28.3 Å². The van der Waals surface area contributed by atoms with Crippen LogP contribution < -0.4 is 10.1 Å². The Kier molecular flexibility index (Phi) is 8.07. The molecule has 0 aliphatic carbocycles. The van der Waals surface area contributed by atoms with Crippen molar-refractivity contribution < 1.29 is 4.74 Å². The van der Waals surface area contributed by atoms with Gasteiger partial charge in [0.25, 0.3) is 0 Å². The second kappa shape index (κ2) is 8.41. The molecule has 94 valence electrons. The Morgan fingerprint density at radius 3 is 2.76 bits per heavy atom. The molecule has 0 aliphatic rings. The third-order valence-electron chi connectivity index (χ3n) is 1.93. The van der Waals surface area contributed by atoms with E-state index in [4.69, 9.17) is 11.2 Å². The average Bonchev–Trinajstić information content (AvgIpc) is 2.22. The van der Waals surface area contributed by atoms with E-state index in [0.717, 1.165) is 15.8 Å². The predicted molar refractivity (Wildman–Crippen MR) is 77.7 cm³/mol. The van der Waals surface area contributed by atoms with Gasteiger partial charge in [-0.2, -0.15) is 0 Å². The molecule has 0 spiro atoms. The molecule has 0 atom stereocenters. The highest BCUT2D eigenvalue weighted by Crippen LogP contribution is 2.24. The molecule has 0 fully saturated rings. The van der Waals surface area contributed by atoms with Gasteiger partial charge in [-0.15, -0.1) is 18.8 Å². The van der Waals surface area contributed by atoms with E-state index in [9.17, 15) is 0 Å². The van der Waals surface area contributed by atoms with E-state index in [1.165, 1.54) is 0 Å². The average molecular weight is 319 g/mol. The summed E-state index contributed by atoms with van der Waals surface area (Å²) in [5.74, 6) is 3.45. The van der Waals surface area contributed by atoms with E-state index in [1.54, 1.807) is 0 Å². The van der Waals surface area contributed by atoms with Crippen LogP contribution in [0.4, 0.5) is 0 Å². The summed E-state index contributed by atoms with van der Waals surface area (Å²) in [6.07, 6.45) is 5.36. The number of hydrogen-bond acceptors (Lipinski definition) is 2. The standard InChI is InChI=1S/C13H16BrNO.ClH/c1-4-7-15-9-11-8-12(14)5-6-13(11)16-10(2)3;/h1,5-6,8,10,15H,7,9H2,2-3H3;1H. The molecule has 0 saturated carbocycles. The number of terminal acetylenes is 1. The van der Waals surface area contributed by atoms with Crippen molar-refractivity contribution in [3.8, 4) is 18.1 Å². The fourth-order valence-electron chi connectivity index (χ4n) is 1.32. The Hall–Kier alpha value is -0.690. The van der Waals surface area contributed by atoms with Crippen LogP contribution in [0.3, 0.4) is 0 Å². The SMILES string of the molecule is C#CCNCc1cc(Br)ccc1OC(C)C.Cl. The maximum atomic E-state index is 5.72. The molecule has 0 saturated heterocycles. The van der Waals surface area contributed by atoms with Crippen molar-refractivity contribution in [1.29, 1.82) is 0 Å². The van der Waals surface area contributed by atoms with E-state index < -0.39 is 0 Å². The first-order valence-electron chi connectivity index (χ1n) is 5.22. The van der Waals surface area contributed by atoms with Crippen LogP contribution in [0.15, 0.2) is 22.7 Å². The van der Waals surface area contributed by atoms with Crippen LogP contribution in [0.5, 0.6) is 5.75 Å². The third-order valence-corrected chi connectivity index (χ3v) is 2.42. The summed E-state index contributed by atoms with van der Waals surface area (Å²) in [4.78, 5) is 0. The summed E-state index contributed by atoms with van der Waals surface area (Å²) in [6, 6.07) is 5.99. The van der Waals surface area contributed by atoms with Gasteiger partial charge in [-0.25, -0.2) is 0 Å². The summed E-state index contributed by atoms with van der Waals surface area (Å²) in [5, 5.41) is 3.16. The molecule has 0 aliphatic heterocycles. The Morgan fingerprint density at radius 1 is 1.47 bits per heavy atom. The molecule has 0 amide bonds. The van der Waals surface area contributed by atoms with Crippen molar-refractivity contribution in [1.82, 2.24) is 5.32 Å². The van der Waals surface area contributed by atoms with Crippen LogP contribution in [0.2, 0.25) is 0 Å². The Morgan fingerprint density at radius 2 is 2.18 bits per heavy atom. The molecule has 17 heavy (non-hydrogen) atoms. The number of hydrogen-bond donors (Lipinski definition) is 1. The van der Waals surface area contributed by atoms with E-state index >= 15 is 0 Å². The van der Waals surface area contributed by atoms with E-state index in [1.807, 2.05) is 32.0 Å². The largest absolute Gasteiger partial charge is 0.491 e. The Labute approximate surface area is 118 Å². The topological polar surface area (TPSA) is 21.3 Å². The smallest absolute Gasteiger partial charge is 0.124 e. The maximum absolute atomic E-state index is 5.72. The van der Waals surface area contributed by atoms with Gasteiger partial charge in [-0.05, 0) is 32.0 Å². The van der Waals surface area contributed by atoms with Gasteiger partial charge >= 0.3 is 0 Å². The normalized spacial score (nSPS) is 9.59. The van der Waals surface area contributed by atoms with Crippen molar-refractivity contribution in [2.75, 3.05) is 6.54 Å². The van der Waals surface area contributed by atoms with Gasteiger partial charge in [-0.3, -0.25) is 0 Å². The van der Waals surface area contributed by atoms with Gasteiger partial charge in [-0.1, -0.05) is 21.9 Å². The molecule has 0 aromatic heterocycles. The van der Waals surface area contributed by atoms with Crippen molar-refractivity contribution in [2.24, 2.45) is 0 Å². The molecule has 0 heterocycles. The number of ether oxygens (including phenoxy) is 1. The lowest BCUT2D eigenvalue weighted by molar-refractivity contribution is 0.239. The zero-order valence-corrected chi connectivity index (χ0v) is 12.4. The van der Waals surface area contributed by atoms with E-state index in [-0.39, 0.29) is 18.5 Å². The van der Waals surface area contributed by atoms with Crippen LogP contribution in [0.25, 0.3) is 0 Å². The van der Waals surface area contributed by atoms with Gasteiger partial charge in [0, 0.05) is 16.6 Å². The molecule has 0 bridgehead atoms. The van der Waals surface area contributed by atoms with Crippen LogP contribution in [0.1, 0.15) is 19.4 Å². The molecule has 0 radical (unpaired) electrons. The fraction of sp³-hybridized carbons (Fsp3) is 0.385. The first-order valence-corrected chi connectivity index (χ1v) is 6.02.